The van der Waals surface area contributed by atoms with Gasteiger partial charge in [-0.1, -0.05) is 48.2 Å². The van der Waals surface area contributed by atoms with Crippen LogP contribution in [-0.4, -0.2) is 37.9 Å². The molecule has 1 atom stereocenters. The number of carbonyl (C=O) groups is 1. The summed E-state index contributed by atoms with van der Waals surface area (Å²) in [6, 6.07) is 15.8. The zero-order valence-electron chi connectivity index (χ0n) is 16.0. The third-order valence-electron chi connectivity index (χ3n) is 4.37. The van der Waals surface area contributed by atoms with Crippen LogP contribution >= 0.6 is 11.8 Å². The first-order valence-electron chi connectivity index (χ1n) is 8.91. The summed E-state index contributed by atoms with van der Waals surface area (Å²) < 4.78 is 1.72. The number of aryl methyl sites for hydroxylation is 2. The van der Waals surface area contributed by atoms with Crippen molar-refractivity contribution in [3.05, 3.63) is 59.7 Å². The maximum Gasteiger partial charge on any atom is 0.240 e. The predicted molar refractivity (Wildman–Crippen MR) is 108 cm³/mol. The molecule has 2 aromatic carbocycles. The molecule has 3 aromatic rings. The van der Waals surface area contributed by atoms with E-state index < -0.39 is 0 Å². The largest absolute Gasteiger partial charge is 0.312 e. The Bertz CT molecular complexity index is 905. The molecule has 140 valence electrons. The van der Waals surface area contributed by atoms with Crippen molar-refractivity contribution in [2.75, 3.05) is 11.4 Å². The maximum absolute atomic E-state index is 13.0. The smallest absolute Gasteiger partial charge is 0.240 e. The van der Waals surface area contributed by atoms with E-state index in [9.17, 15) is 4.79 Å². The van der Waals surface area contributed by atoms with Crippen LogP contribution in [0.3, 0.4) is 0 Å². The van der Waals surface area contributed by atoms with Crippen molar-refractivity contribution in [2.24, 2.45) is 0 Å². The van der Waals surface area contributed by atoms with Gasteiger partial charge in [0, 0.05) is 12.2 Å². The summed E-state index contributed by atoms with van der Waals surface area (Å²) in [5.41, 5.74) is 4.03. The highest BCUT2D eigenvalue weighted by atomic mass is 32.2. The van der Waals surface area contributed by atoms with E-state index in [1.165, 1.54) is 11.8 Å². The van der Waals surface area contributed by atoms with Crippen molar-refractivity contribution >= 4 is 23.4 Å². The summed E-state index contributed by atoms with van der Waals surface area (Å²) >= 11 is 1.37. The number of rotatable bonds is 6. The lowest BCUT2D eigenvalue weighted by Crippen LogP contribution is -2.36. The number of carbonyl (C=O) groups excluding carboxylic acids is 1. The number of thioether (sulfide) groups is 1. The van der Waals surface area contributed by atoms with Crippen molar-refractivity contribution in [2.45, 2.75) is 38.1 Å². The van der Waals surface area contributed by atoms with Gasteiger partial charge in [0.25, 0.3) is 0 Å². The van der Waals surface area contributed by atoms with Gasteiger partial charge in [0.15, 0.2) is 0 Å². The minimum absolute atomic E-state index is 0.0322. The summed E-state index contributed by atoms with van der Waals surface area (Å²) in [5.74, 6) is 0.0322. The van der Waals surface area contributed by atoms with Crippen LogP contribution in [0.1, 0.15) is 25.0 Å². The number of nitrogens with zero attached hydrogens (tertiary/aromatic N) is 5. The van der Waals surface area contributed by atoms with Gasteiger partial charge in [-0.2, -0.15) is 4.68 Å². The van der Waals surface area contributed by atoms with Gasteiger partial charge >= 0.3 is 0 Å². The quantitative estimate of drug-likeness (QED) is 0.608. The van der Waals surface area contributed by atoms with Crippen LogP contribution in [-0.2, 0) is 4.79 Å². The fourth-order valence-electron chi connectivity index (χ4n) is 3.03. The number of para-hydroxylation sites is 2. The number of tetrazole rings is 1. The Morgan fingerprint density at radius 2 is 1.78 bits per heavy atom. The molecule has 0 radical (unpaired) electrons. The minimum atomic E-state index is -0.320. The fraction of sp³-hybridized carbons (Fsp3) is 0.300. The Morgan fingerprint density at radius 3 is 2.41 bits per heavy atom. The van der Waals surface area contributed by atoms with Crippen molar-refractivity contribution in [3.63, 3.8) is 0 Å². The molecular formula is C20H23N5OS. The monoisotopic (exact) mass is 381 g/mol. The average Bonchev–Trinajstić information content (AvgIpc) is 3.10. The lowest BCUT2D eigenvalue weighted by molar-refractivity contribution is -0.117. The van der Waals surface area contributed by atoms with Gasteiger partial charge in [-0.25, -0.2) is 0 Å². The van der Waals surface area contributed by atoms with Crippen LogP contribution in [0.2, 0.25) is 0 Å². The lowest BCUT2D eigenvalue weighted by atomic mass is 10.1. The van der Waals surface area contributed by atoms with Gasteiger partial charge in [-0.15, -0.1) is 5.10 Å². The van der Waals surface area contributed by atoms with E-state index in [4.69, 9.17) is 0 Å². The van der Waals surface area contributed by atoms with E-state index in [2.05, 4.69) is 15.5 Å². The molecule has 1 aromatic heterocycles. The summed E-state index contributed by atoms with van der Waals surface area (Å²) in [6.07, 6.45) is 0. The first-order chi connectivity index (χ1) is 13.0. The number of amides is 1. The zero-order valence-corrected chi connectivity index (χ0v) is 16.8. The second-order valence-electron chi connectivity index (χ2n) is 6.29. The van der Waals surface area contributed by atoms with Crippen LogP contribution in [0.5, 0.6) is 0 Å². The standard InChI is InChI=1S/C20H23N5OS/c1-5-24(17-12-7-6-8-13-17)19(26)16(4)27-20-21-22-23-25(20)18-14(2)10-9-11-15(18)3/h6-13,16H,5H2,1-4H3/t16-/m0/s1. The Balaban J connectivity index is 1.84. The van der Waals surface area contributed by atoms with E-state index in [1.54, 1.807) is 9.58 Å². The molecule has 0 saturated carbocycles. The predicted octanol–water partition coefficient (Wildman–Crippen LogP) is 3.81. The van der Waals surface area contributed by atoms with Crippen molar-refractivity contribution in [3.8, 4) is 5.69 Å². The number of hydrogen-bond acceptors (Lipinski definition) is 5. The molecule has 27 heavy (non-hydrogen) atoms. The van der Waals surface area contributed by atoms with E-state index in [1.807, 2.05) is 76.2 Å². The van der Waals surface area contributed by atoms with Crippen molar-refractivity contribution in [1.29, 1.82) is 0 Å². The van der Waals surface area contributed by atoms with Gasteiger partial charge in [0.2, 0.25) is 11.1 Å². The minimum Gasteiger partial charge on any atom is -0.312 e. The molecule has 1 heterocycles. The lowest BCUT2D eigenvalue weighted by Gasteiger charge is -2.24. The molecular weight excluding hydrogens is 358 g/mol. The van der Waals surface area contributed by atoms with Gasteiger partial charge in [-0.05, 0) is 61.4 Å². The molecule has 6 nitrogen and oxygen atoms in total. The molecule has 0 saturated heterocycles. The summed E-state index contributed by atoms with van der Waals surface area (Å²) in [7, 11) is 0. The molecule has 3 rings (SSSR count). The molecule has 0 spiro atoms. The Kier molecular flexibility index (Phi) is 5.91. The fourth-order valence-corrected chi connectivity index (χ4v) is 3.89. The highest BCUT2D eigenvalue weighted by molar-refractivity contribution is 8.00. The molecule has 7 heteroatoms. The second-order valence-corrected chi connectivity index (χ2v) is 7.60. The summed E-state index contributed by atoms with van der Waals surface area (Å²) in [5, 5.41) is 12.4. The first kappa shape index (κ1) is 19.1. The molecule has 0 unspecified atom stereocenters. The third kappa shape index (κ3) is 4.03. The van der Waals surface area contributed by atoms with Gasteiger partial charge < -0.3 is 4.90 Å². The number of anilines is 1. The van der Waals surface area contributed by atoms with E-state index >= 15 is 0 Å². The molecule has 1 amide bonds. The Hall–Kier alpha value is -2.67. The molecule has 0 aliphatic rings. The van der Waals surface area contributed by atoms with E-state index in [-0.39, 0.29) is 11.2 Å². The van der Waals surface area contributed by atoms with Gasteiger partial charge in [-0.3, -0.25) is 4.79 Å². The number of aromatic nitrogens is 4. The second kappa shape index (κ2) is 8.35. The third-order valence-corrected chi connectivity index (χ3v) is 5.39. The van der Waals surface area contributed by atoms with Crippen molar-refractivity contribution in [1.82, 2.24) is 20.2 Å². The topological polar surface area (TPSA) is 63.9 Å². The van der Waals surface area contributed by atoms with Gasteiger partial charge in [0.1, 0.15) is 0 Å². The summed E-state index contributed by atoms with van der Waals surface area (Å²) in [6.45, 7) is 8.53. The van der Waals surface area contributed by atoms with Crippen LogP contribution < -0.4 is 4.90 Å². The zero-order chi connectivity index (χ0) is 19.4. The first-order valence-corrected chi connectivity index (χ1v) is 9.79. The van der Waals surface area contributed by atoms with Crippen LogP contribution in [0.25, 0.3) is 5.69 Å². The molecule has 0 N–H and O–H groups in total. The Morgan fingerprint density at radius 1 is 1.11 bits per heavy atom. The van der Waals surface area contributed by atoms with Crippen LogP contribution in [0, 0.1) is 13.8 Å². The van der Waals surface area contributed by atoms with E-state index in [0.29, 0.717) is 11.7 Å². The highest BCUT2D eigenvalue weighted by Gasteiger charge is 2.24. The Labute approximate surface area is 163 Å². The van der Waals surface area contributed by atoms with Crippen LogP contribution in [0.4, 0.5) is 5.69 Å². The van der Waals surface area contributed by atoms with Gasteiger partial charge in [0.05, 0.1) is 10.9 Å². The normalized spacial score (nSPS) is 12.0. The molecule has 0 bridgehead atoms. The highest BCUT2D eigenvalue weighted by Crippen LogP contribution is 2.28. The number of benzene rings is 2. The molecule has 0 fully saturated rings. The van der Waals surface area contributed by atoms with Crippen LogP contribution in [0.15, 0.2) is 53.7 Å². The maximum atomic E-state index is 13.0. The SMILES string of the molecule is CCN(C(=O)[C@H](C)Sc1nnnn1-c1c(C)cccc1C)c1ccccc1. The van der Waals surface area contributed by atoms with E-state index in [0.717, 1.165) is 22.5 Å². The summed E-state index contributed by atoms with van der Waals surface area (Å²) in [4.78, 5) is 14.8. The van der Waals surface area contributed by atoms with Crippen molar-refractivity contribution < 1.29 is 4.79 Å². The molecule has 0 aliphatic heterocycles. The molecule has 0 aliphatic carbocycles. The number of hydrogen-bond donors (Lipinski definition) is 0. The average molecular weight is 382 g/mol.